The van der Waals surface area contributed by atoms with Gasteiger partial charge >= 0.3 is 12.1 Å². The van der Waals surface area contributed by atoms with Gasteiger partial charge < -0.3 is 20.5 Å². The first-order chi connectivity index (χ1) is 19.3. The second-order valence-electron chi connectivity index (χ2n) is 10.4. The fourth-order valence-corrected chi connectivity index (χ4v) is 5.19. The van der Waals surface area contributed by atoms with E-state index in [0.29, 0.717) is 13.0 Å². The number of likely N-dealkylation sites (N-methyl/N-ethyl adjacent to an activating group) is 1. The van der Waals surface area contributed by atoms with Crippen molar-refractivity contribution in [2.45, 2.75) is 44.8 Å². The van der Waals surface area contributed by atoms with Crippen LogP contribution in [0.1, 0.15) is 42.9 Å². The van der Waals surface area contributed by atoms with Crippen LogP contribution in [0.5, 0.6) is 0 Å². The Morgan fingerprint density at radius 3 is 2.05 bits per heavy atom. The van der Waals surface area contributed by atoms with Crippen LogP contribution in [0, 0.1) is 5.92 Å². The number of fused-ring (bicyclic) bond motifs is 3. The van der Waals surface area contributed by atoms with Gasteiger partial charge in [0.1, 0.15) is 18.7 Å². The summed E-state index contributed by atoms with van der Waals surface area (Å²) in [4.78, 5) is 40.0. The Morgan fingerprint density at radius 1 is 0.900 bits per heavy atom. The fourth-order valence-electron chi connectivity index (χ4n) is 5.19. The normalized spacial score (nSPS) is 14.5. The summed E-state index contributed by atoms with van der Waals surface area (Å²) in [6.45, 7) is 4.51. The van der Waals surface area contributed by atoms with Crippen LogP contribution in [0.2, 0.25) is 0 Å². The molecule has 1 aliphatic carbocycles. The number of hydrogen-bond donors (Lipinski definition) is 3. The van der Waals surface area contributed by atoms with Crippen LogP contribution < -0.4 is 10.6 Å². The molecular weight excluding hydrogens is 506 g/mol. The minimum absolute atomic E-state index is 0.105. The molecule has 1 aliphatic rings. The summed E-state index contributed by atoms with van der Waals surface area (Å²) in [7, 11) is 1.80. The number of carboxylic acid groups (broad SMARTS) is 1. The third-order valence-electron chi connectivity index (χ3n) is 7.52. The molecule has 0 spiro atoms. The molecule has 0 aliphatic heterocycles. The lowest BCUT2D eigenvalue weighted by atomic mass is 9.98. The van der Waals surface area contributed by atoms with E-state index in [9.17, 15) is 19.5 Å². The number of amides is 2. The van der Waals surface area contributed by atoms with Crippen molar-refractivity contribution >= 4 is 18.0 Å². The summed E-state index contributed by atoms with van der Waals surface area (Å²) in [5.74, 6) is -2.04. The number of benzene rings is 3. The number of nitrogens with zero attached hydrogens (tertiary/aromatic N) is 1. The Morgan fingerprint density at radius 2 is 1.48 bits per heavy atom. The van der Waals surface area contributed by atoms with Crippen molar-refractivity contribution in [2.75, 3.05) is 20.2 Å². The number of carbonyl (C=O) groups is 3. The van der Waals surface area contributed by atoms with Gasteiger partial charge in [-0.2, -0.15) is 0 Å². The maximum absolute atomic E-state index is 13.3. The molecule has 40 heavy (non-hydrogen) atoms. The van der Waals surface area contributed by atoms with E-state index in [2.05, 4.69) is 22.8 Å². The zero-order valence-electron chi connectivity index (χ0n) is 23.2. The third kappa shape index (κ3) is 6.87. The van der Waals surface area contributed by atoms with Crippen LogP contribution >= 0.6 is 0 Å². The summed E-state index contributed by atoms with van der Waals surface area (Å²) in [6.07, 6.45) is -0.108. The maximum Gasteiger partial charge on any atom is 0.407 e. The number of hydrogen-bond acceptors (Lipinski definition) is 5. The molecular formula is C32H37N3O5. The van der Waals surface area contributed by atoms with Gasteiger partial charge in [0.25, 0.3) is 0 Å². The quantitative estimate of drug-likeness (QED) is 0.307. The Bertz CT molecular complexity index is 1280. The van der Waals surface area contributed by atoms with E-state index in [1.165, 1.54) is 0 Å². The van der Waals surface area contributed by atoms with E-state index in [1.807, 2.05) is 85.5 Å². The Kier molecular flexibility index (Phi) is 9.56. The molecule has 2 unspecified atom stereocenters. The van der Waals surface area contributed by atoms with Crippen molar-refractivity contribution in [3.63, 3.8) is 0 Å². The van der Waals surface area contributed by atoms with Gasteiger partial charge in [-0.3, -0.25) is 9.69 Å². The molecule has 4 rings (SSSR count). The number of nitrogens with one attached hydrogen (secondary N) is 2. The highest BCUT2D eigenvalue weighted by atomic mass is 16.5. The first-order valence-electron chi connectivity index (χ1n) is 13.7. The number of carbonyl (C=O) groups excluding carboxylic acids is 2. The Labute approximate surface area is 235 Å². The SMILES string of the molecule is CCC(C)[C@H](NC(=O)OCC1c2ccccc2-c2ccccc21)C(=O)NC(CN(C)Cc1ccccc1)C(=O)O. The van der Waals surface area contributed by atoms with Crippen LogP contribution in [0.15, 0.2) is 78.9 Å². The lowest BCUT2D eigenvalue weighted by Crippen LogP contribution is -2.56. The molecule has 0 saturated carbocycles. The van der Waals surface area contributed by atoms with E-state index >= 15 is 0 Å². The number of aliphatic carboxylic acids is 1. The van der Waals surface area contributed by atoms with Crippen molar-refractivity contribution < 1.29 is 24.2 Å². The molecule has 8 heteroatoms. The summed E-state index contributed by atoms with van der Waals surface area (Å²) in [5.41, 5.74) is 5.48. The lowest BCUT2D eigenvalue weighted by Gasteiger charge is -2.27. The van der Waals surface area contributed by atoms with Crippen LogP contribution in [-0.4, -0.2) is 60.3 Å². The Balaban J connectivity index is 1.38. The van der Waals surface area contributed by atoms with Gasteiger partial charge in [-0.05, 0) is 40.8 Å². The minimum Gasteiger partial charge on any atom is -0.480 e. The summed E-state index contributed by atoms with van der Waals surface area (Å²) in [5, 5.41) is 15.1. The highest BCUT2D eigenvalue weighted by Gasteiger charge is 2.32. The molecule has 0 fully saturated rings. The predicted octanol–water partition coefficient (Wildman–Crippen LogP) is 4.64. The summed E-state index contributed by atoms with van der Waals surface area (Å²) < 4.78 is 5.64. The topological polar surface area (TPSA) is 108 Å². The molecule has 0 bridgehead atoms. The van der Waals surface area contributed by atoms with E-state index in [4.69, 9.17) is 4.74 Å². The largest absolute Gasteiger partial charge is 0.480 e. The maximum atomic E-state index is 13.3. The van der Waals surface area contributed by atoms with E-state index in [-0.39, 0.29) is 25.0 Å². The van der Waals surface area contributed by atoms with Crippen molar-refractivity contribution in [1.82, 2.24) is 15.5 Å². The molecule has 8 nitrogen and oxygen atoms in total. The van der Waals surface area contributed by atoms with Crippen molar-refractivity contribution in [3.05, 3.63) is 95.6 Å². The number of carboxylic acids is 1. The molecule has 210 valence electrons. The van der Waals surface area contributed by atoms with Crippen LogP contribution in [-0.2, 0) is 20.9 Å². The van der Waals surface area contributed by atoms with Gasteiger partial charge in [0.2, 0.25) is 5.91 Å². The first-order valence-corrected chi connectivity index (χ1v) is 13.7. The highest BCUT2D eigenvalue weighted by molar-refractivity contribution is 5.89. The molecule has 0 saturated heterocycles. The average Bonchev–Trinajstić information content (AvgIpc) is 3.28. The van der Waals surface area contributed by atoms with E-state index in [1.54, 1.807) is 7.05 Å². The van der Waals surface area contributed by atoms with Crippen LogP contribution in [0.25, 0.3) is 11.1 Å². The summed E-state index contributed by atoms with van der Waals surface area (Å²) in [6, 6.07) is 23.7. The van der Waals surface area contributed by atoms with Crippen molar-refractivity contribution in [3.8, 4) is 11.1 Å². The minimum atomic E-state index is -1.14. The van der Waals surface area contributed by atoms with Gasteiger partial charge in [-0.15, -0.1) is 0 Å². The van der Waals surface area contributed by atoms with Crippen molar-refractivity contribution in [2.24, 2.45) is 5.92 Å². The molecule has 3 atom stereocenters. The zero-order valence-corrected chi connectivity index (χ0v) is 23.2. The molecule has 3 aromatic rings. The third-order valence-corrected chi connectivity index (χ3v) is 7.52. The van der Waals surface area contributed by atoms with Crippen LogP contribution in [0.3, 0.4) is 0 Å². The van der Waals surface area contributed by atoms with Gasteiger partial charge in [-0.1, -0.05) is 99.1 Å². The van der Waals surface area contributed by atoms with E-state index in [0.717, 1.165) is 27.8 Å². The predicted molar refractivity (Wildman–Crippen MR) is 154 cm³/mol. The monoisotopic (exact) mass is 543 g/mol. The molecule has 3 N–H and O–H groups in total. The second-order valence-corrected chi connectivity index (χ2v) is 10.4. The molecule has 3 aromatic carbocycles. The molecule has 0 heterocycles. The van der Waals surface area contributed by atoms with Crippen LogP contribution in [0.4, 0.5) is 4.79 Å². The lowest BCUT2D eigenvalue weighted by molar-refractivity contribution is -0.142. The fraction of sp³-hybridized carbons (Fsp3) is 0.344. The van der Waals surface area contributed by atoms with Crippen molar-refractivity contribution in [1.29, 1.82) is 0 Å². The van der Waals surface area contributed by atoms with Gasteiger partial charge in [0.05, 0.1) is 0 Å². The number of ether oxygens (including phenoxy) is 1. The summed E-state index contributed by atoms with van der Waals surface area (Å²) >= 11 is 0. The number of alkyl carbamates (subject to hydrolysis) is 1. The van der Waals surface area contributed by atoms with Gasteiger partial charge in [0.15, 0.2) is 0 Å². The second kappa shape index (κ2) is 13.3. The Hall–Kier alpha value is -4.17. The van der Waals surface area contributed by atoms with Gasteiger partial charge in [-0.25, -0.2) is 9.59 Å². The molecule has 0 radical (unpaired) electrons. The number of rotatable bonds is 12. The average molecular weight is 544 g/mol. The molecule has 2 amide bonds. The van der Waals surface area contributed by atoms with E-state index < -0.39 is 30.1 Å². The smallest absolute Gasteiger partial charge is 0.407 e. The van der Waals surface area contributed by atoms with Gasteiger partial charge in [0, 0.05) is 19.0 Å². The first kappa shape index (κ1) is 28.8. The zero-order chi connectivity index (χ0) is 28.6. The highest BCUT2D eigenvalue weighted by Crippen LogP contribution is 2.44. The molecule has 0 aromatic heterocycles. The standard InChI is InChI=1S/C32H37N3O5/c1-4-21(2)29(30(36)33-28(31(37)38)19-35(3)18-22-12-6-5-7-13-22)34-32(39)40-20-27-25-16-10-8-14-23(25)24-15-9-11-17-26(24)27/h5-17,21,27-29H,4,18-20H2,1-3H3,(H,33,36)(H,34,39)(H,37,38)/t21?,28?,29-/m0/s1.